The van der Waals surface area contributed by atoms with Crippen LogP contribution in [0, 0.1) is 0 Å². The fraction of sp³-hybridized carbons (Fsp3) is 1.00. The van der Waals surface area contributed by atoms with Crippen LogP contribution in [0.1, 0.15) is 33.1 Å². The molecule has 1 aliphatic rings. The largest absolute Gasteiger partial charge is 0.389 e. The summed E-state index contributed by atoms with van der Waals surface area (Å²) in [4.78, 5) is 0. The third-order valence-corrected chi connectivity index (χ3v) is 3.32. The lowest BCUT2D eigenvalue weighted by atomic mass is 10.1. The van der Waals surface area contributed by atoms with Crippen LogP contribution in [0.3, 0.4) is 0 Å². The average Bonchev–Trinajstić information content (AvgIpc) is 2.81. The van der Waals surface area contributed by atoms with E-state index < -0.39 is 6.10 Å². The first kappa shape index (κ1) is 16.9. The highest BCUT2D eigenvalue weighted by Gasteiger charge is 2.23. The van der Waals surface area contributed by atoms with Gasteiger partial charge >= 0.3 is 0 Å². The van der Waals surface area contributed by atoms with Gasteiger partial charge in [-0.25, -0.2) is 0 Å². The number of ether oxygens (including phenoxy) is 3. The minimum Gasteiger partial charge on any atom is -0.389 e. The van der Waals surface area contributed by atoms with Gasteiger partial charge in [0, 0.05) is 25.8 Å². The van der Waals surface area contributed by atoms with Crippen molar-refractivity contribution >= 4 is 0 Å². The smallest absolute Gasteiger partial charge is 0.0897 e. The van der Waals surface area contributed by atoms with Crippen molar-refractivity contribution in [3.05, 3.63) is 0 Å². The van der Waals surface area contributed by atoms with E-state index in [0.717, 1.165) is 32.5 Å². The molecule has 0 aromatic heterocycles. The summed E-state index contributed by atoms with van der Waals surface area (Å²) in [5.74, 6) is 0. The maximum absolute atomic E-state index is 9.77. The molecular formula is C14H29NO4. The van der Waals surface area contributed by atoms with E-state index in [1.807, 2.05) is 0 Å². The molecule has 1 fully saturated rings. The Morgan fingerprint density at radius 1 is 1.32 bits per heavy atom. The van der Waals surface area contributed by atoms with Crippen LogP contribution in [0.15, 0.2) is 0 Å². The molecule has 2 N–H and O–H groups in total. The standard InChI is InChI=1S/C14H29NO4/c1-3-4-6-17-8-9-18-11-13(16)10-15-14-5-7-19-12(14)2/h12-16H,3-11H2,1-2H3. The van der Waals surface area contributed by atoms with Crippen molar-refractivity contribution in [2.24, 2.45) is 0 Å². The summed E-state index contributed by atoms with van der Waals surface area (Å²) < 4.78 is 16.2. The van der Waals surface area contributed by atoms with Gasteiger partial charge in [-0.3, -0.25) is 0 Å². The summed E-state index contributed by atoms with van der Waals surface area (Å²) in [6, 6.07) is 0.354. The Balaban J connectivity index is 1.89. The fourth-order valence-corrected chi connectivity index (χ4v) is 2.03. The highest BCUT2D eigenvalue weighted by atomic mass is 16.5. The molecule has 1 aliphatic heterocycles. The zero-order chi connectivity index (χ0) is 13.9. The lowest BCUT2D eigenvalue weighted by molar-refractivity contribution is 0.00243. The van der Waals surface area contributed by atoms with Crippen molar-refractivity contribution in [1.82, 2.24) is 5.32 Å². The Labute approximate surface area is 116 Å². The second-order valence-corrected chi connectivity index (χ2v) is 5.07. The van der Waals surface area contributed by atoms with Gasteiger partial charge in [-0.05, 0) is 19.8 Å². The van der Waals surface area contributed by atoms with Gasteiger partial charge < -0.3 is 24.6 Å². The van der Waals surface area contributed by atoms with Crippen LogP contribution < -0.4 is 5.32 Å². The van der Waals surface area contributed by atoms with Gasteiger partial charge in [0.05, 0.1) is 32.0 Å². The molecule has 114 valence electrons. The number of aliphatic hydroxyl groups is 1. The average molecular weight is 275 g/mol. The second-order valence-electron chi connectivity index (χ2n) is 5.07. The highest BCUT2D eigenvalue weighted by molar-refractivity contribution is 4.79. The second kappa shape index (κ2) is 10.6. The lowest BCUT2D eigenvalue weighted by Crippen LogP contribution is -2.40. The van der Waals surface area contributed by atoms with Crippen LogP contribution in [0.5, 0.6) is 0 Å². The van der Waals surface area contributed by atoms with E-state index in [1.165, 1.54) is 0 Å². The number of nitrogens with one attached hydrogen (secondary N) is 1. The molecule has 1 heterocycles. The fourth-order valence-electron chi connectivity index (χ4n) is 2.03. The van der Waals surface area contributed by atoms with E-state index in [2.05, 4.69) is 19.2 Å². The Morgan fingerprint density at radius 3 is 2.79 bits per heavy atom. The molecule has 1 saturated heterocycles. The molecule has 1 rings (SSSR count). The van der Waals surface area contributed by atoms with Crippen molar-refractivity contribution < 1.29 is 19.3 Å². The Morgan fingerprint density at radius 2 is 2.11 bits per heavy atom. The third kappa shape index (κ3) is 7.84. The number of hydrogen-bond donors (Lipinski definition) is 2. The minimum atomic E-state index is -0.469. The molecule has 3 unspecified atom stereocenters. The number of hydrogen-bond acceptors (Lipinski definition) is 5. The van der Waals surface area contributed by atoms with Crippen LogP contribution in [0.2, 0.25) is 0 Å². The molecule has 3 atom stereocenters. The molecule has 0 spiro atoms. The highest BCUT2D eigenvalue weighted by Crippen LogP contribution is 2.12. The SMILES string of the molecule is CCCCOCCOCC(O)CNC1CCOC1C. The monoisotopic (exact) mass is 275 g/mol. The van der Waals surface area contributed by atoms with Gasteiger partial charge in [0.25, 0.3) is 0 Å². The molecule has 0 aromatic carbocycles. The lowest BCUT2D eigenvalue weighted by Gasteiger charge is -2.18. The van der Waals surface area contributed by atoms with Gasteiger partial charge in [-0.1, -0.05) is 13.3 Å². The van der Waals surface area contributed by atoms with Crippen LogP contribution in [-0.2, 0) is 14.2 Å². The van der Waals surface area contributed by atoms with Crippen molar-refractivity contribution in [2.75, 3.05) is 39.6 Å². The summed E-state index contributed by atoms with van der Waals surface area (Å²) in [6.45, 7) is 7.85. The van der Waals surface area contributed by atoms with Crippen LogP contribution >= 0.6 is 0 Å². The van der Waals surface area contributed by atoms with E-state index in [4.69, 9.17) is 14.2 Å². The first-order chi connectivity index (χ1) is 9.24. The maximum atomic E-state index is 9.77. The van der Waals surface area contributed by atoms with E-state index in [0.29, 0.717) is 32.4 Å². The Bertz CT molecular complexity index is 216. The van der Waals surface area contributed by atoms with E-state index in [1.54, 1.807) is 0 Å². The van der Waals surface area contributed by atoms with Crippen LogP contribution in [0.4, 0.5) is 0 Å². The van der Waals surface area contributed by atoms with Crippen molar-refractivity contribution in [2.45, 2.75) is 51.4 Å². The van der Waals surface area contributed by atoms with Crippen molar-refractivity contribution in [3.8, 4) is 0 Å². The molecular weight excluding hydrogens is 246 g/mol. The predicted octanol–water partition coefficient (Wildman–Crippen LogP) is 0.948. The Kier molecular flexibility index (Phi) is 9.38. The number of unbranched alkanes of at least 4 members (excludes halogenated alkanes) is 1. The van der Waals surface area contributed by atoms with Crippen molar-refractivity contribution in [3.63, 3.8) is 0 Å². The van der Waals surface area contributed by atoms with Gasteiger partial charge in [0.1, 0.15) is 0 Å². The zero-order valence-corrected chi connectivity index (χ0v) is 12.3. The third-order valence-electron chi connectivity index (χ3n) is 3.32. The van der Waals surface area contributed by atoms with Gasteiger partial charge in [0.15, 0.2) is 0 Å². The minimum absolute atomic E-state index is 0.236. The van der Waals surface area contributed by atoms with Gasteiger partial charge in [-0.2, -0.15) is 0 Å². The predicted molar refractivity (Wildman–Crippen MR) is 74.4 cm³/mol. The topological polar surface area (TPSA) is 60.0 Å². The molecule has 0 amide bonds. The molecule has 5 heteroatoms. The number of aliphatic hydroxyl groups excluding tert-OH is 1. The molecule has 19 heavy (non-hydrogen) atoms. The molecule has 0 saturated carbocycles. The molecule has 5 nitrogen and oxygen atoms in total. The first-order valence-electron chi connectivity index (χ1n) is 7.42. The molecule has 0 aromatic rings. The van der Waals surface area contributed by atoms with Crippen LogP contribution in [-0.4, -0.2) is 62.9 Å². The molecule has 0 aliphatic carbocycles. The van der Waals surface area contributed by atoms with E-state index in [-0.39, 0.29) is 6.10 Å². The quantitative estimate of drug-likeness (QED) is 0.550. The zero-order valence-electron chi connectivity index (χ0n) is 12.3. The van der Waals surface area contributed by atoms with Gasteiger partial charge in [-0.15, -0.1) is 0 Å². The summed E-state index contributed by atoms with van der Waals surface area (Å²) in [5.41, 5.74) is 0. The van der Waals surface area contributed by atoms with Crippen LogP contribution in [0.25, 0.3) is 0 Å². The van der Waals surface area contributed by atoms with E-state index in [9.17, 15) is 5.11 Å². The molecule has 0 radical (unpaired) electrons. The summed E-state index contributed by atoms with van der Waals surface area (Å²) >= 11 is 0. The van der Waals surface area contributed by atoms with Gasteiger partial charge in [0.2, 0.25) is 0 Å². The molecule has 0 bridgehead atoms. The maximum Gasteiger partial charge on any atom is 0.0897 e. The van der Waals surface area contributed by atoms with E-state index >= 15 is 0 Å². The normalized spacial score (nSPS) is 24.8. The first-order valence-corrected chi connectivity index (χ1v) is 7.42. The Hall–Kier alpha value is -0.200. The summed E-state index contributed by atoms with van der Waals surface area (Å²) in [5, 5.41) is 13.1. The summed E-state index contributed by atoms with van der Waals surface area (Å²) in [6.07, 6.45) is 3.02. The van der Waals surface area contributed by atoms with Crippen molar-refractivity contribution in [1.29, 1.82) is 0 Å². The summed E-state index contributed by atoms with van der Waals surface area (Å²) in [7, 11) is 0. The number of rotatable bonds is 11.